The van der Waals surface area contributed by atoms with Crippen LogP contribution in [0.5, 0.6) is 0 Å². The number of benzene rings is 2. The van der Waals surface area contributed by atoms with Gasteiger partial charge in [-0.1, -0.05) is 60.2 Å². The Labute approximate surface area is 129 Å². The second kappa shape index (κ2) is 5.30. The number of urea groups is 1. The molecule has 0 aliphatic carbocycles. The molecular weight excluding hydrogens is 276 g/mol. The van der Waals surface area contributed by atoms with E-state index in [2.05, 4.69) is 5.32 Å². The smallest absolute Gasteiger partial charge is 0.319 e. The standard InChI is InChI=1S/C18H18N2O2/c1-13-8-10-14(11-9-13)12-20-16(21)18(2,19-17(20)22)15-6-4-3-5-7-15/h3-11H,12H2,1-2H3,(H,19,22). The predicted molar refractivity (Wildman–Crippen MR) is 84.1 cm³/mol. The van der Waals surface area contributed by atoms with Crippen molar-refractivity contribution in [2.24, 2.45) is 0 Å². The second-order valence-electron chi connectivity index (χ2n) is 5.80. The zero-order valence-corrected chi connectivity index (χ0v) is 12.7. The molecule has 4 nitrogen and oxygen atoms in total. The normalized spacial score (nSPS) is 21.1. The lowest BCUT2D eigenvalue weighted by Gasteiger charge is -2.22. The largest absolute Gasteiger partial charge is 0.325 e. The van der Waals surface area contributed by atoms with Gasteiger partial charge in [0.2, 0.25) is 0 Å². The lowest BCUT2D eigenvalue weighted by molar-refractivity contribution is -0.131. The van der Waals surface area contributed by atoms with E-state index in [0.717, 1.165) is 16.7 Å². The van der Waals surface area contributed by atoms with Crippen LogP contribution in [0.2, 0.25) is 0 Å². The zero-order valence-electron chi connectivity index (χ0n) is 12.7. The van der Waals surface area contributed by atoms with Gasteiger partial charge in [0.15, 0.2) is 0 Å². The Bertz CT molecular complexity index is 710. The van der Waals surface area contributed by atoms with Gasteiger partial charge in [0, 0.05) is 0 Å². The fourth-order valence-electron chi connectivity index (χ4n) is 2.68. The van der Waals surface area contributed by atoms with E-state index in [1.54, 1.807) is 6.92 Å². The Morgan fingerprint density at radius 3 is 2.27 bits per heavy atom. The SMILES string of the molecule is Cc1ccc(CN2C(=O)NC(C)(c3ccccc3)C2=O)cc1. The van der Waals surface area contributed by atoms with Crippen molar-refractivity contribution in [2.45, 2.75) is 25.9 Å². The first kappa shape index (κ1) is 14.3. The summed E-state index contributed by atoms with van der Waals surface area (Å²) in [6.07, 6.45) is 0. The van der Waals surface area contributed by atoms with Gasteiger partial charge in [0.05, 0.1) is 6.54 Å². The van der Waals surface area contributed by atoms with Gasteiger partial charge < -0.3 is 5.32 Å². The maximum Gasteiger partial charge on any atom is 0.325 e. The maximum atomic E-state index is 12.8. The van der Waals surface area contributed by atoms with Crippen LogP contribution in [-0.4, -0.2) is 16.8 Å². The average Bonchev–Trinajstić information content (AvgIpc) is 2.75. The molecule has 4 heteroatoms. The molecule has 0 radical (unpaired) electrons. The molecule has 1 aliphatic heterocycles. The van der Waals surface area contributed by atoms with Crippen LogP contribution >= 0.6 is 0 Å². The molecule has 1 unspecified atom stereocenters. The molecular formula is C18H18N2O2. The summed E-state index contributed by atoms with van der Waals surface area (Å²) in [5.74, 6) is -0.218. The van der Waals surface area contributed by atoms with Gasteiger partial charge in [-0.25, -0.2) is 4.79 Å². The van der Waals surface area contributed by atoms with Gasteiger partial charge in [-0.3, -0.25) is 9.69 Å². The van der Waals surface area contributed by atoms with E-state index in [1.165, 1.54) is 4.90 Å². The van der Waals surface area contributed by atoms with E-state index in [9.17, 15) is 9.59 Å². The predicted octanol–water partition coefficient (Wildman–Crippen LogP) is 2.96. The van der Waals surface area contributed by atoms with Crippen molar-refractivity contribution >= 4 is 11.9 Å². The first-order chi connectivity index (χ1) is 10.5. The molecule has 3 amide bonds. The van der Waals surface area contributed by atoms with E-state index in [-0.39, 0.29) is 18.5 Å². The number of hydrogen-bond acceptors (Lipinski definition) is 2. The maximum absolute atomic E-state index is 12.8. The van der Waals surface area contributed by atoms with Crippen molar-refractivity contribution in [2.75, 3.05) is 0 Å². The summed E-state index contributed by atoms with van der Waals surface area (Å²) in [5.41, 5.74) is 1.88. The van der Waals surface area contributed by atoms with E-state index in [1.807, 2.05) is 61.5 Å². The van der Waals surface area contributed by atoms with Crippen molar-refractivity contribution in [3.05, 3.63) is 71.3 Å². The van der Waals surface area contributed by atoms with Crippen LogP contribution < -0.4 is 5.32 Å². The fourth-order valence-corrected chi connectivity index (χ4v) is 2.68. The number of rotatable bonds is 3. The third-order valence-electron chi connectivity index (χ3n) is 4.09. The number of imide groups is 1. The first-order valence-electron chi connectivity index (χ1n) is 7.26. The molecule has 1 fully saturated rings. The minimum absolute atomic E-state index is 0.218. The number of hydrogen-bond donors (Lipinski definition) is 1. The number of carbonyl (C=O) groups excluding carboxylic acids is 2. The topological polar surface area (TPSA) is 49.4 Å². The molecule has 1 saturated heterocycles. The molecule has 0 spiro atoms. The Morgan fingerprint density at radius 1 is 1.00 bits per heavy atom. The number of amides is 3. The average molecular weight is 294 g/mol. The molecule has 2 aromatic rings. The van der Waals surface area contributed by atoms with Crippen LogP contribution in [0.3, 0.4) is 0 Å². The minimum atomic E-state index is -0.997. The minimum Gasteiger partial charge on any atom is -0.319 e. The number of carbonyl (C=O) groups is 2. The van der Waals surface area contributed by atoms with Crippen LogP contribution in [0.25, 0.3) is 0 Å². The molecule has 1 aliphatic rings. The van der Waals surface area contributed by atoms with Crippen molar-refractivity contribution < 1.29 is 9.59 Å². The third-order valence-corrected chi connectivity index (χ3v) is 4.09. The Kier molecular flexibility index (Phi) is 3.45. The van der Waals surface area contributed by atoms with Crippen LogP contribution in [0.15, 0.2) is 54.6 Å². The van der Waals surface area contributed by atoms with Gasteiger partial charge in [0.25, 0.3) is 5.91 Å². The summed E-state index contributed by atoms with van der Waals surface area (Å²) >= 11 is 0. The lowest BCUT2D eigenvalue weighted by atomic mass is 9.92. The van der Waals surface area contributed by atoms with Crippen LogP contribution in [0, 0.1) is 6.92 Å². The highest BCUT2D eigenvalue weighted by molar-refractivity contribution is 6.07. The monoisotopic (exact) mass is 294 g/mol. The Balaban J connectivity index is 1.87. The summed E-state index contributed by atoms with van der Waals surface area (Å²) in [6.45, 7) is 4.04. The van der Waals surface area contributed by atoms with Crippen LogP contribution in [0.4, 0.5) is 4.79 Å². The summed E-state index contributed by atoms with van der Waals surface area (Å²) in [7, 11) is 0. The van der Waals surface area contributed by atoms with Gasteiger partial charge in [-0.15, -0.1) is 0 Å². The third kappa shape index (κ3) is 2.37. The molecule has 112 valence electrons. The number of nitrogens with one attached hydrogen (secondary N) is 1. The van der Waals surface area contributed by atoms with Crippen molar-refractivity contribution in [3.8, 4) is 0 Å². The van der Waals surface area contributed by atoms with Gasteiger partial charge in [-0.2, -0.15) is 0 Å². The highest BCUT2D eigenvalue weighted by Crippen LogP contribution is 2.29. The zero-order chi connectivity index (χ0) is 15.7. The molecule has 0 bridgehead atoms. The molecule has 1 atom stereocenters. The molecule has 3 rings (SSSR count). The van der Waals surface area contributed by atoms with E-state index in [0.29, 0.717) is 0 Å². The van der Waals surface area contributed by atoms with Crippen LogP contribution in [-0.2, 0) is 16.9 Å². The highest BCUT2D eigenvalue weighted by Gasteiger charge is 2.48. The van der Waals surface area contributed by atoms with E-state index >= 15 is 0 Å². The fraction of sp³-hybridized carbons (Fsp3) is 0.222. The number of nitrogens with zero attached hydrogens (tertiary/aromatic N) is 1. The van der Waals surface area contributed by atoms with Crippen LogP contribution in [0.1, 0.15) is 23.6 Å². The molecule has 0 saturated carbocycles. The second-order valence-corrected chi connectivity index (χ2v) is 5.80. The van der Waals surface area contributed by atoms with Crippen molar-refractivity contribution in [3.63, 3.8) is 0 Å². The molecule has 22 heavy (non-hydrogen) atoms. The summed E-state index contributed by atoms with van der Waals surface area (Å²) in [5, 5.41) is 2.82. The van der Waals surface area contributed by atoms with Gasteiger partial charge in [-0.05, 0) is 25.0 Å². The van der Waals surface area contributed by atoms with Gasteiger partial charge >= 0.3 is 6.03 Å². The lowest BCUT2D eigenvalue weighted by Crippen LogP contribution is -2.40. The highest BCUT2D eigenvalue weighted by atomic mass is 16.2. The molecule has 1 heterocycles. The Hall–Kier alpha value is -2.62. The summed E-state index contributed by atoms with van der Waals surface area (Å²) < 4.78 is 0. The molecule has 2 aromatic carbocycles. The van der Waals surface area contributed by atoms with Gasteiger partial charge in [0.1, 0.15) is 5.54 Å². The molecule has 0 aromatic heterocycles. The quantitative estimate of drug-likeness (QED) is 0.885. The summed E-state index contributed by atoms with van der Waals surface area (Å²) in [6, 6.07) is 16.8. The Morgan fingerprint density at radius 2 is 1.64 bits per heavy atom. The van der Waals surface area contributed by atoms with Crippen molar-refractivity contribution in [1.29, 1.82) is 0 Å². The van der Waals surface area contributed by atoms with E-state index in [4.69, 9.17) is 0 Å². The van der Waals surface area contributed by atoms with E-state index < -0.39 is 5.54 Å². The number of aryl methyl sites for hydroxylation is 1. The molecule has 1 N–H and O–H groups in total. The van der Waals surface area contributed by atoms with Crippen molar-refractivity contribution in [1.82, 2.24) is 10.2 Å². The summed E-state index contributed by atoms with van der Waals surface area (Å²) in [4.78, 5) is 26.3. The first-order valence-corrected chi connectivity index (χ1v) is 7.26.